The van der Waals surface area contributed by atoms with Crippen LogP contribution in [0, 0.1) is 0 Å². The summed E-state index contributed by atoms with van der Waals surface area (Å²) in [6.45, 7) is 0. The Bertz CT molecular complexity index is 2070. The van der Waals surface area contributed by atoms with E-state index >= 15 is 0 Å². The van der Waals surface area contributed by atoms with Gasteiger partial charge in [-0.15, -0.1) is 11.3 Å². The molecule has 0 amide bonds. The molecule has 0 spiro atoms. The molecule has 0 aliphatic rings. The molecule has 0 bridgehead atoms. The minimum atomic E-state index is 0.678. The van der Waals surface area contributed by atoms with E-state index in [1.54, 1.807) is 0 Å². The zero-order chi connectivity index (χ0) is 25.1. The van der Waals surface area contributed by atoms with Crippen LogP contribution in [0.2, 0.25) is 0 Å². The summed E-state index contributed by atoms with van der Waals surface area (Å²) < 4.78 is 4.84. The van der Waals surface area contributed by atoms with Gasteiger partial charge in [0.25, 0.3) is 0 Å². The van der Waals surface area contributed by atoms with Crippen LogP contribution in [-0.4, -0.2) is 14.5 Å². The minimum Gasteiger partial charge on any atom is -0.278 e. The molecular weight excluding hydrogens is 482 g/mol. The normalized spacial score (nSPS) is 11.7. The zero-order valence-electron chi connectivity index (χ0n) is 20.4. The van der Waals surface area contributed by atoms with Gasteiger partial charge in [0.2, 0.25) is 5.95 Å². The van der Waals surface area contributed by atoms with Crippen molar-refractivity contribution in [2.45, 2.75) is 0 Å². The van der Waals surface area contributed by atoms with E-state index in [9.17, 15) is 0 Å². The van der Waals surface area contributed by atoms with Gasteiger partial charge in [-0.3, -0.25) is 4.57 Å². The summed E-state index contributed by atoms with van der Waals surface area (Å²) in [7, 11) is 0. The molecule has 0 fully saturated rings. The molecule has 3 heterocycles. The molecule has 0 N–H and O–H groups in total. The molecule has 0 saturated carbocycles. The van der Waals surface area contributed by atoms with Crippen molar-refractivity contribution >= 4 is 53.3 Å². The Balaban J connectivity index is 1.49. The fourth-order valence-electron chi connectivity index (χ4n) is 5.50. The van der Waals surface area contributed by atoms with Crippen LogP contribution < -0.4 is 0 Å². The highest BCUT2D eigenvalue weighted by atomic mass is 32.1. The predicted molar refractivity (Wildman–Crippen MR) is 160 cm³/mol. The summed E-state index contributed by atoms with van der Waals surface area (Å²) in [6.07, 6.45) is 0. The molecule has 0 radical (unpaired) electrons. The first-order chi connectivity index (χ1) is 18.8. The van der Waals surface area contributed by atoms with Gasteiger partial charge in [0.1, 0.15) is 0 Å². The summed E-state index contributed by atoms with van der Waals surface area (Å²) in [4.78, 5) is 10.3. The molecule has 0 saturated heterocycles. The monoisotopic (exact) mass is 503 g/mol. The number of thiophene rings is 1. The van der Waals surface area contributed by atoms with Crippen molar-refractivity contribution in [3.8, 4) is 28.5 Å². The van der Waals surface area contributed by atoms with Gasteiger partial charge in [0.05, 0.1) is 22.4 Å². The van der Waals surface area contributed by atoms with Crippen LogP contribution in [0.15, 0.2) is 127 Å². The van der Waals surface area contributed by atoms with E-state index < -0.39 is 0 Å². The Hall–Kier alpha value is -4.80. The number of aromatic nitrogens is 3. The molecule has 3 nitrogen and oxygen atoms in total. The van der Waals surface area contributed by atoms with E-state index in [1.807, 2.05) is 23.5 Å². The third-order valence-electron chi connectivity index (χ3n) is 7.23. The van der Waals surface area contributed by atoms with Crippen molar-refractivity contribution in [2.24, 2.45) is 0 Å². The topological polar surface area (TPSA) is 30.7 Å². The van der Waals surface area contributed by atoms with E-state index in [0.29, 0.717) is 5.95 Å². The van der Waals surface area contributed by atoms with Crippen molar-refractivity contribution in [3.63, 3.8) is 0 Å². The molecule has 0 unspecified atom stereocenters. The molecule has 4 heteroatoms. The molecule has 0 aliphatic carbocycles. The van der Waals surface area contributed by atoms with Crippen LogP contribution in [0.25, 0.3) is 70.4 Å². The number of hydrogen-bond donors (Lipinski definition) is 0. The molecule has 3 aromatic heterocycles. The Morgan fingerprint density at radius 2 is 1.11 bits per heavy atom. The predicted octanol–water partition coefficient (Wildman–Crippen LogP) is 9.28. The standard InChI is InChI=1S/C34H21N3S/c1-3-11-22(12-4-1)27-21-28(23-13-5-2-6-14-23)36-34(35-27)37-29-17-9-7-16-26(29)32-30(37)20-19-25-24-15-8-10-18-31(24)38-33(25)32/h1-21H. The number of hydrogen-bond acceptors (Lipinski definition) is 3. The summed E-state index contributed by atoms with van der Waals surface area (Å²) in [6, 6.07) is 44.6. The average Bonchev–Trinajstić information content (AvgIpc) is 3.53. The maximum Gasteiger partial charge on any atom is 0.235 e. The van der Waals surface area contributed by atoms with Gasteiger partial charge >= 0.3 is 0 Å². The minimum absolute atomic E-state index is 0.678. The average molecular weight is 504 g/mol. The van der Waals surface area contributed by atoms with Crippen molar-refractivity contribution in [1.29, 1.82) is 0 Å². The lowest BCUT2D eigenvalue weighted by atomic mass is 10.1. The maximum atomic E-state index is 5.15. The van der Waals surface area contributed by atoms with Gasteiger partial charge in [-0.1, -0.05) is 103 Å². The van der Waals surface area contributed by atoms with E-state index in [2.05, 4.69) is 120 Å². The van der Waals surface area contributed by atoms with Crippen molar-refractivity contribution in [3.05, 3.63) is 127 Å². The lowest BCUT2D eigenvalue weighted by Crippen LogP contribution is -2.03. The van der Waals surface area contributed by atoms with E-state index in [0.717, 1.165) is 33.5 Å². The Morgan fingerprint density at radius 3 is 1.82 bits per heavy atom. The Kier molecular flexibility index (Phi) is 4.69. The lowest BCUT2D eigenvalue weighted by molar-refractivity contribution is 0.996. The quantitative estimate of drug-likeness (QED) is 0.240. The SMILES string of the molecule is c1ccc(-c2cc(-c3ccccc3)nc(-n3c4ccccc4c4c5sc6ccccc6c5ccc43)n2)cc1. The summed E-state index contributed by atoms with van der Waals surface area (Å²) in [5, 5.41) is 5.08. The number of fused-ring (bicyclic) bond motifs is 7. The molecule has 178 valence electrons. The van der Waals surface area contributed by atoms with Crippen LogP contribution in [0.5, 0.6) is 0 Å². The first kappa shape index (κ1) is 21.3. The van der Waals surface area contributed by atoms with Gasteiger partial charge in [-0.05, 0) is 24.3 Å². The molecule has 8 rings (SSSR count). The maximum absolute atomic E-state index is 5.15. The third-order valence-corrected chi connectivity index (χ3v) is 8.44. The van der Waals surface area contributed by atoms with Crippen LogP contribution >= 0.6 is 11.3 Å². The first-order valence-electron chi connectivity index (χ1n) is 12.7. The van der Waals surface area contributed by atoms with E-state index in [4.69, 9.17) is 9.97 Å². The lowest BCUT2D eigenvalue weighted by Gasteiger charge is -2.11. The van der Waals surface area contributed by atoms with Gasteiger partial charge in [-0.2, -0.15) is 0 Å². The van der Waals surface area contributed by atoms with Crippen molar-refractivity contribution in [2.75, 3.05) is 0 Å². The van der Waals surface area contributed by atoms with Crippen LogP contribution in [0.4, 0.5) is 0 Å². The summed E-state index contributed by atoms with van der Waals surface area (Å²) >= 11 is 1.86. The third kappa shape index (κ3) is 3.21. The van der Waals surface area contributed by atoms with Crippen LogP contribution in [0.1, 0.15) is 0 Å². The fourth-order valence-corrected chi connectivity index (χ4v) is 6.76. The zero-order valence-corrected chi connectivity index (χ0v) is 21.2. The van der Waals surface area contributed by atoms with Gasteiger partial charge in [0.15, 0.2) is 0 Å². The van der Waals surface area contributed by atoms with Crippen molar-refractivity contribution in [1.82, 2.24) is 14.5 Å². The largest absolute Gasteiger partial charge is 0.278 e. The molecule has 0 atom stereocenters. The number of para-hydroxylation sites is 1. The molecule has 0 aliphatic heterocycles. The highest BCUT2D eigenvalue weighted by Gasteiger charge is 2.19. The Morgan fingerprint density at radius 1 is 0.500 bits per heavy atom. The highest BCUT2D eigenvalue weighted by molar-refractivity contribution is 7.26. The van der Waals surface area contributed by atoms with Crippen LogP contribution in [0.3, 0.4) is 0 Å². The Labute approximate surface area is 223 Å². The second-order valence-corrected chi connectivity index (χ2v) is 10.5. The van der Waals surface area contributed by atoms with E-state index in [1.165, 1.54) is 30.9 Å². The van der Waals surface area contributed by atoms with Crippen LogP contribution in [-0.2, 0) is 0 Å². The second-order valence-electron chi connectivity index (χ2n) is 9.46. The molecular formula is C34H21N3S. The van der Waals surface area contributed by atoms with Crippen molar-refractivity contribution < 1.29 is 0 Å². The second kappa shape index (κ2) is 8.37. The van der Waals surface area contributed by atoms with Gasteiger partial charge < -0.3 is 0 Å². The van der Waals surface area contributed by atoms with Gasteiger partial charge in [0, 0.05) is 42.1 Å². The smallest absolute Gasteiger partial charge is 0.235 e. The van der Waals surface area contributed by atoms with Gasteiger partial charge in [-0.25, -0.2) is 9.97 Å². The summed E-state index contributed by atoms with van der Waals surface area (Å²) in [5.41, 5.74) is 6.18. The number of rotatable bonds is 3. The highest BCUT2D eigenvalue weighted by Crippen LogP contribution is 2.43. The number of nitrogens with zero attached hydrogens (tertiary/aromatic N) is 3. The molecule has 38 heavy (non-hydrogen) atoms. The number of benzene rings is 5. The van der Waals surface area contributed by atoms with E-state index in [-0.39, 0.29) is 0 Å². The first-order valence-corrected chi connectivity index (χ1v) is 13.5. The fraction of sp³-hybridized carbons (Fsp3) is 0. The summed E-state index contributed by atoms with van der Waals surface area (Å²) in [5.74, 6) is 0.678. The molecule has 5 aromatic carbocycles. The molecule has 8 aromatic rings.